The van der Waals surface area contributed by atoms with Gasteiger partial charge in [-0.25, -0.2) is 19.0 Å². The van der Waals surface area contributed by atoms with Gasteiger partial charge in [-0.3, -0.25) is 5.10 Å². The predicted molar refractivity (Wildman–Crippen MR) is 135 cm³/mol. The lowest BCUT2D eigenvalue weighted by Gasteiger charge is -2.26. The summed E-state index contributed by atoms with van der Waals surface area (Å²) in [5.41, 5.74) is 10.6. The highest BCUT2D eigenvalue weighted by molar-refractivity contribution is 5.87. The standard InChI is InChI=1S/C27H25FN8/c28-22-9-5-4-8-20(22)27(16-29)19-10-11-35(15-21(19)27)23-13-30-25-24(33-34-26(25)32-23)17-12-31-36(14-17)18-6-2-1-3-7-18/h1-9,12-14,19,21H,10-11,15-16,29H2,(H,32,33,34)/t19?,21?,27-/m1/s1. The van der Waals surface area contributed by atoms with Crippen LogP contribution >= 0.6 is 0 Å². The Morgan fingerprint density at radius 2 is 1.89 bits per heavy atom. The molecule has 180 valence electrons. The molecular weight excluding hydrogens is 455 g/mol. The summed E-state index contributed by atoms with van der Waals surface area (Å²) in [6.07, 6.45) is 6.49. The summed E-state index contributed by atoms with van der Waals surface area (Å²) in [7, 11) is 0. The lowest BCUT2D eigenvalue weighted by Crippen LogP contribution is -2.32. The molecule has 1 saturated heterocycles. The summed E-state index contributed by atoms with van der Waals surface area (Å²) in [4.78, 5) is 11.8. The van der Waals surface area contributed by atoms with Crippen molar-refractivity contribution in [1.29, 1.82) is 0 Å². The number of H-pyrrole nitrogens is 1. The van der Waals surface area contributed by atoms with E-state index in [0.717, 1.165) is 47.8 Å². The van der Waals surface area contributed by atoms with Crippen molar-refractivity contribution < 1.29 is 4.39 Å². The van der Waals surface area contributed by atoms with Crippen LogP contribution in [0, 0.1) is 17.7 Å². The van der Waals surface area contributed by atoms with Crippen molar-refractivity contribution in [2.24, 2.45) is 17.6 Å². The van der Waals surface area contributed by atoms with E-state index in [1.165, 1.54) is 6.07 Å². The highest BCUT2D eigenvalue weighted by Crippen LogP contribution is 2.63. The summed E-state index contributed by atoms with van der Waals surface area (Å²) in [6, 6.07) is 17.0. The number of piperidine rings is 1. The number of hydrogen-bond acceptors (Lipinski definition) is 6. The molecule has 1 aliphatic carbocycles. The number of aromatic amines is 1. The first-order valence-electron chi connectivity index (χ1n) is 12.2. The Balaban J connectivity index is 1.15. The second-order valence-corrected chi connectivity index (χ2v) is 9.68. The van der Waals surface area contributed by atoms with Crippen LogP contribution in [0.3, 0.4) is 0 Å². The maximum Gasteiger partial charge on any atom is 0.202 e. The Morgan fingerprint density at radius 3 is 2.72 bits per heavy atom. The molecule has 0 radical (unpaired) electrons. The smallest absolute Gasteiger partial charge is 0.202 e. The van der Waals surface area contributed by atoms with Crippen LogP contribution in [0.1, 0.15) is 12.0 Å². The zero-order valence-electron chi connectivity index (χ0n) is 19.5. The SMILES string of the molecule is NC[C@]1(c2ccccc2F)C2CCN(c3cnc4c(-c5cnn(-c6ccccc6)c5)[nH]nc4n3)CC21. The minimum Gasteiger partial charge on any atom is -0.355 e. The van der Waals surface area contributed by atoms with Gasteiger partial charge in [-0.15, -0.1) is 0 Å². The minimum atomic E-state index is -0.296. The van der Waals surface area contributed by atoms with Crippen LogP contribution in [0.15, 0.2) is 73.2 Å². The average Bonchev–Trinajstić information content (AvgIpc) is 3.21. The van der Waals surface area contributed by atoms with Gasteiger partial charge in [0.05, 0.1) is 23.8 Å². The molecule has 1 saturated carbocycles. The number of halogens is 1. The first kappa shape index (κ1) is 21.2. The lowest BCUT2D eigenvalue weighted by molar-refractivity contribution is 0.533. The van der Waals surface area contributed by atoms with Crippen LogP contribution in [-0.4, -0.2) is 49.6 Å². The number of fused-ring (bicyclic) bond motifs is 2. The monoisotopic (exact) mass is 480 g/mol. The fourth-order valence-electron chi connectivity index (χ4n) is 6.15. The number of nitrogens with two attached hydrogens (primary N) is 1. The van der Waals surface area contributed by atoms with Gasteiger partial charge in [0.25, 0.3) is 0 Å². The van der Waals surface area contributed by atoms with E-state index in [1.807, 2.05) is 53.3 Å². The molecule has 3 N–H and O–H groups in total. The number of anilines is 1. The number of para-hydroxylation sites is 1. The number of benzene rings is 2. The van der Waals surface area contributed by atoms with Gasteiger partial charge in [0, 0.05) is 36.8 Å². The molecule has 36 heavy (non-hydrogen) atoms. The molecule has 0 bridgehead atoms. The summed E-state index contributed by atoms with van der Waals surface area (Å²) in [5.74, 6) is 1.31. The molecule has 0 spiro atoms. The molecule has 2 aliphatic rings. The van der Waals surface area contributed by atoms with E-state index in [4.69, 9.17) is 15.7 Å². The second kappa shape index (κ2) is 7.96. The van der Waals surface area contributed by atoms with Crippen LogP contribution in [-0.2, 0) is 5.41 Å². The van der Waals surface area contributed by atoms with Crippen molar-refractivity contribution in [2.45, 2.75) is 11.8 Å². The molecule has 5 aromatic rings. The van der Waals surface area contributed by atoms with Gasteiger partial charge in [-0.1, -0.05) is 36.4 Å². The van der Waals surface area contributed by atoms with Crippen LogP contribution in [0.5, 0.6) is 0 Å². The fourth-order valence-corrected chi connectivity index (χ4v) is 6.15. The molecule has 7 rings (SSSR count). The Kier molecular flexibility index (Phi) is 4.69. The maximum absolute atomic E-state index is 14.7. The molecule has 3 aromatic heterocycles. The van der Waals surface area contributed by atoms with Gasteiger partial charge >= 0.3 is 0 Å². The van der Waals surface area contributed by atoms with E-state index in [2.05, 4.69) is 20.2 Å². The largest absolute Gasteiger partial charge is 0.355 e. The highest BCUT2D eigenvalue weighted by Gasteiger charge is 2.66. The Labute approximate surface area is 207 Å². The van der Waals surface area contributed by atoms with Crippen molar-refractivity contribution in [3.8, 4) is 16.9 Å². The quantitative estimate of drug-likeness (QED) is 0.398. The van der Waals surface area contributed by atoms with Gasteiger partial charge in [-0.05, 0) is 42.0 Å². The number of hydrogen-bond donors (Lipinski definition) is 2. The van der Waals surface area contributed by atoms with E-state index in [1.54, 1.807) is 18.5 Å². The third kappa shape index (κ3) is 3.09. The number of nitrogens with zero attached hydrogens (tertiary/aromatic N) is 6. The van der Waals surface area contributed by atoms with Crippen LogP contribution < -0.4 is 10.6 Å². The maximum atomic E-state index is 14.7. The van der Waals surface area contributed by atoms with Gasteiger partial charge < -0.3 is 10.6 Å². The summed E-state index contributed by atoms with van der Waals surface area (Å²) < 4.78 is 16.5. The van der Waals surface area contributed by atoms with E-state index < -0.39 is 0 Å². The molecular formula is C27H25FN8. The number of nitrogens with one attached hydrogen (secondary N) is 1. The van der Waals surface area contributed by atoms with E-state index in [0.29, 0.717) is 29.5 Å². The van der Waals surface area contributed by atoms with Crippen LogP contribution in [0.2, 0.25) is 0 Å². The van der Waals surface area contributed by atoms with Crippen molar-refractivity contribution >= 4 is 17.0 Å². The summed E-state index contributed by atoms with van der Waals surface area (Å²) in [6.45, 7) is 2.05. The number of aromatic nitrogens is 6. The molecule has 9 heteroatoms. The van der Waals surface area contributed by atoms with Gasteiger partial charge in [-0.2, -0.15) is 10.2 Å². The van der Waals surface area contributed by atoms with Gasteiger partial charge in [0.15, 0.2) is 0 Å². The zero-order chi connectivity index (χ0) is 24.3. The predicted octanol–water partition coefficient (Wildman–Crippen LogP) is 3.70. The van der Waals surface area contributed by atoms with Crippen LogP contribution in [0.4, 0.5) is 10.2 Å². The molecule has 4 heterocycles. The zero-order valence-corrected chi connectivity index (χ0v) is 19.5. The van der Waals surface area contributed by atoms with Crippen molar-refractivity contribution in [3.05, 3.63) is 84.6 Å². The molecule has 0 amide bonds. The lowest BCUT2D eigenvalue weighted by atomic mass is 9.91. The minimum absolute atomic E-state index is 0.162. The first-order chi connectivity index (χ1) is 17.7. The van der Waals surface area contributed by atoms with Crippen molar-refractivity contribution in [2.75, 3.05) is 24.5 Å². The number of rotatable bonds is 5. The molecule has 3 atom stereocenters. The van der Waals surface area contributed by atoms with Crippen LogP contribution in [0.25, 0.3) is 28.1 Å². The third-order valence-electron chi connectivity index (χ3n) is 8.01. The topological polar surface area (TPSA) is 102 Å². The molecule has 1 aliphatic heterocycles. The average molecular weight is 481 g/mol. The molecule has 8 nitrogen and oxygen atoms in total. The molecule has 2 fully saturated rings. The summed E-state index contributed by atoms with van der Waals surface area (Å²) >= 11 is 0. The Hall–Kier alpha value is -4.11. The van der Waals surface area contributed by atoms with E-state index in [9.17, 15) is 4.39 Å². The Bertz CT molecular complexity index is 1560. The highest BCUT2D eigenvalue weighted by atomic mass is 19.1. The molecule has 2 aromatic carbocycles. The van der Waals surface area contributed by atoms with E-state index in [-0.39, 0.29) is 11.2 Å². The van der Waals surface area contributed by atoms with Gasteiger partial charge in [0.1, 0.15) is 17.2 Å². The van der Waals surface area contributed by atoms with Crippen molar-refractivity contribution in [3.63, 3.8) is 0 Å². The second-order valence-electron chi connectivity index (χ2n) is 9.68. The first-order valence-corrected chi connectivity index (χ1v) is 12.2. The Morgan fingerprint density at radius 1 is 1.06 bits per heavy atom. The third-order valence-corrected chi connectivity index (χ3v) is 8.01. The normalized spacial score (nSPS) is 23.1. The van der Waals surface area contributed by atoms with E-state index >= 15 is 0 Å². The van der Waals surface area contributed by atoms with Gasteiger partial charge in [0.2, 0.25) is 5.65 Å². The van der Waals surface area contributed by atoms with Crippen molar-refractivity contribution in [1.82, 2.24) is 29.9 Å². The fraction of sp³-hybridized carbons (Fsp3) is 0.259. The summed E-state index contributed by atoms with van der Waals surface area (Å²) in [5, 5.41) is 12.0. The molecule has 2 unspecified atom stereocenters.